The van der Waals surface area contributed by atoms with Crippen molar-refractivity contribution in [2.75, 3.05) is 18.4 Å². The molecule has 0 saturated heterocycles. The second kappa shape index (κ2) is 10.3. The van der Waals surface area contributed by atoms with Crippen LogP contribution in [0.25, 0.3) is 28.0 Å². The maximum Gasteiger partial charge on any atom is 0.251 e. The lowest BCUT2D eigenvalue weighted by Gasteiger charge is -2.12. The number of hydrogen-bond donors (Lipinski definition) is 2. The quantitative estimate of drug-likeness (QED) is 0.234. The number of amides is 1. The first-order chi connectivity index (χ1) is 17.1. The van der Waals surface area contributed by atoms with Crippen molar-refractivity contribution in [3.63, 3.8) is 0 Å². The molecule has 0 saturated carbocycles. The number of carbonyl (C=O) groups excluding carboxylic acids is 1. The third kappa shape index (κ3) is 5.06. The molecule has 0 aliphatic heterocycles. The van der Waals surface area contributed by atoms with Gasteiger partial charge in [-0.15, -0.1) is 0 Å². The van der Waals surface area contributed by atoms with Gasteiger partial charge in [-0.3, -0.25) is 4.79 Å². The van der Waals surface area contributed by atoms with E-state index in [0.717, 1.165) is 32.7 Å². The van der Waals surface area contributed by atoms with E-state index in [1.54, 1.807) is 10.7 Å². The van der Waals surface area contributed by atoms with Gasteiger partial charge in [0.15, 0.2) is 5.65 Å². The Labute approximate surface area is 216 Å². The van der Waals surface area contributed by atoms with E-state index in [1.807, 2.05) is 84.9 Å². The lowest BCUT2D eigenvalue weighted by atomic mass is 10.0. The monoisotopic (exact) mass is 545 g/mol. The minimum atomic E-state index is -0.122. The van der Waals surface area contributed by atoms with E-state index in [9.17, 15) is 4.79 Å². The first-order valence-corrected chi connectivity index (χ1v) is 12.2. The summed E-state index contributed by atoms with van der Waals surface area (Å²) in [5.74, 6) is 0.624. The second-order valence-corrected chi connectivity index (χ2v) is 9.13. The molecule has 5 rings (SSSR count). The topological polar surface area (TPSA) is 71.3 Å². The molecule has 0 fully saturated rings. The van der Waals surface area contributed by atoms with Crippen molar-refractivity contribution in [3.8, 4) is 22.4 Å². The van der Waals surface area contributed by atoms with E-state index in [1.165, 1.54) is 0 Å². The summed E-state index contributed by atoms with van der Waals surface area (Å²) in [5, 5.41) is 11.4. The summed E-state index contributed by atoms with van der Waals surface area (Å²) in [7, 11) is 0. The highest BCUT2D eigenvalue weighted by atomic mass is 79.9. The van der Waals surface area contributed by atoms with Crippen LogP contribution in [-0.2, 0) is 0 Å². The summed E-state index contributed by atoms with van der Waals surface area (Å²) < 4.78 is 2.50. The number of benzene rings is 3. The first-order valence-electron chi connectivity index (χ1n) is 11.1. The predicted octanol–water partition coefficient (Wildman–Crippen LogP) is 6.32. The van der Waals surface area contributed by atoms with E-state index < -0.39 is 0 Å². The van der Waals surface area contributed by atoms with Crippen LogP contribution in [0.5, 0.6) is 0 Å². The SMILES string of the molecule is O=C(NCCNc1cc(-c2ccccc2Cl)nc2c(Br)cnn12)c1cccc(-c2ccccc2)c1. The van der Waals surface area contributed by atoms with Crippen LogP contribution in [-0.4, -0.2) is 33.6 Å². The molecule has 2 aromatic heterocycles. The zero-order valence-electron chi connectivity index (χ0n) is 18.6. The largest absolute Gasteiger partial charge is 0.368 e. The average Bonchev–Trinajstić information content (AvgIpc) is 3.28. The van der Waals surface area contributed by atoms with Crippen LogP contribution in [0, 0.1) is 0 Å². The predicted molar refractivity (Wildman–Crippen MR) is 144 cm³/mol. The molecule has 8 heteroatoms. The van der Waals surface area contributed by atoms with E-state index in [2.05, 4.69) is 31.7 Å². The van der Waals surface area contributed by atoms with E-state index in [0.29, 0.717) is 29.3 Å². The molecule has 0 spiro atoms. The Hall–Kier alpha value is -3.68. The van der Waals surface area contributed by atoms with Gasteiger partial charge in [-0.05, 0) is 45.3 Å². The van der Waals surface area contributed by atoms with E-state index in [4.69, 9.17) is 16.6 Å². The molecule has 0 bridgehead atoms. The van der Waals surface area contributed by atoms with Crippen LogP contribution in [0.3, 0.4) is 0 Å². The number of nitrogens with zero attached hydrogens (tertiary/aromatic N) is 3. The van der Waals surface area contributed by atoms with Crippen LogP contribution in [0.2, 0.25) is 5.02 Å². The lowest BCUT2D eigenvalue weighted by molar-refractivity contribution is 0.0955. The Morgan fingerprint density at radius 2 is 1.69 bits per heavy atom. The van der Waals surface area contributed by atoms with Crippen molar-refractivity contribution in [2.24, 2.45) is 0 Å². The average molecular weight is 547 g/mol. The van der Waals surface area contributed by atoms with Crippen LogP contribution in [0.15, 0.2) is 95.6 Å². The van der Waals surface area contributed by atoms with Crippen molar-refractivity contribution < 1.29 is 4.79 Å². The fourth-order valence-corrected chi connectivity index (χ4v) is 4.39. The summed E-state index contributed by atoms with van der Waals surface area (Å²) >= 11 is 9.92. The van der Waals surface area contributed by atoms with Crippen LogP contribution in [0.1, 0.15) is 10.4 Å². The highest BCUT2D eigenvalue weighted by Crippen LogP contribution is 2.30. The van der Waals surface area contributed by atoms with Gasteiger partial charge in [0.05, 0.1) is 16.4 Å². The highest BCUT2D eigenvalue weighted by molar-refractivity contribution is 9.10. The zero-order chi connectivity index (χ0) is 24.2. The standard InChI is InChI=1S/C27H21BrClN5O/c28-22-17-32-34-25(16-24(33-26(22)34)21-11-4-5-12-23(21)29)30-13-14-31-27(35)20-10-6-9-19(15-20)18-7-2-1-3-8-18/h1-12,15-17,30H,13-14H2,(H,31,35). The summed E-state index contributed by atoms with van der Waals surface area (Å²) in [6, 6.07) is 27.1. The Kier molecular flexibility index (Phi) is 6.79. The van der Waals surface area contributed by atoms with Crippen LogP contribution < -0.4 is 10.6 Å². The molecular formula is C27H21BrClN5O. The molecule has 0 aliphatic rings. The number of anilines is 1. The number of nitrogens with one attached hydrogen (secondary N) is 2. The molecule has 6 nitrogen and oxygen atoms in total. The van der Waals surface area contributed by atoms with Crippen molar-refractivity contribution >= 4 is 44.9 Å². The Bertz CT molecular complexity index is 1500. The van der Waals surface area contributed by atoms with Crippen molar-refractivity contribution in [3.05, 3.63) is 106 Å². The molecule has 0 radical (unpaired) electrons. The van der Waals surface area contributed by atoms with Crippen molar-refractivity contribution in [2.45, 2.75) is 0 Å². The third-order valence-corrected chi connectivity index (χ3v) is 6.42. The Balaban J connectivity index is 1.28. The van der Waals surface area contributed by atoms with Gasteiger partial charge in [-0.1, -0.05) is 72.3 Å². The minimum absolute atomic E-state index is 0.122. The van der Waals surface area contributed by atoms with Gasteiger partial charge in [0, 0.05) is 35.3 Å². The van der Waals surface area contributed by atoms with Gasteiger partial charge in [0.1, 0.15) is 5.82 Å². The van der Waals surface area contributed by atoms with Crippen LogP contribution in [0.4, 0.5) is 5.82 Å². The number of fused-ring (bicyclic) bond motifs is 1. The number of carbonyl (C=O) groups is 1. The maximum absolute atomic E-state index is 12.7. The normalized spacial score (nSPS) is 10.9. The van der Waals surface area contributed by atoms with Gasteiger partial charge in [0.25, 0.3) is 5.91 Å². The molecule has 0 aliphatic carbocycles. The van der Waals surface area contributed by atoms with Gasteiger partial charge in [0.2, 0.25) is 0 Å². The van der Waals surface area contributed by atoms with E-state index in [-0.39, 0.29) is 5.91 Å². The van der Waals surface area contributed by atoms with Gasteiger partial charge in [-0.25, -0.2) is 4.98 Å². The molecule has 5 aromatic rings. The molecule has 0 atom stereocenters. The summed E-state index contributed by atoms with van der Waals surface area (Å²) in [6.07, 6.45) is 1.70. The van der Waals surface area contributed by atoms with E-state index >= 15 is 0 Å². The van der Waals surface area contributed by atoms with Crippen LogP contribution >= 0.6 is 27.5 Å². The van der Waals surface area contributed by atoms with Crippen molar-refractivity contribution in [1.82, 2.24) is 19.9 Å². The summed E-state index contributed by atoms with van der Waals surface area (Å²) in [5.41, 5.74) is 4.94. The molecule has 2 heterocycles. The molecule has 1 amide bonds. The minimum Gasteiger partial charge on any atom is -0.368 e. The van der Waals surface area contributed by atoms with Gasteiger partial charge >= 0.3 is 0 Å². The number of aromatic nitrogens is 3. The Morgan fingerprint density at radius 3 is 2.51 bits per heavy atom. The fraction of sp³-hybridized carbons (Fsp3) is 0.0741. The Morgan fingerprint density at radius 1 is 0.914 bits per heavy atom. The second-order valence-electron chi connectivity index (χ2n) is 7.86. The van der Waals surface area contributed by atoms with Crippen molar-refractivity contribution in [1.29, 1.82) is 0 Å². The maximum atomic E-state index is 12.7. The fourth-order valence-electron chi connectivity index (χ4n) is 3.81. The first kappa shape index (κ1) is 23.1. The molecule has 2 N–H and O–H groups in total. The molecule has 35 heavy (non-hydrogen) atoms. The zero-order valence-corrected chi connectivity index (χ0v) is 20.9. The molecule has 0 unspecified atom stereocenters. The molecule has 3 aromatic carbocycles. The number of hydrogen-bond acceptors (Lipinski definition) is 4. The number of rotatable bonds is 7. The summed E-state index contributed by atoms with van der Waals surface area (Å²) in [6.45, 7) is 0.935. The summed E-state index contributed by atoms with van der Waals surface area (Å²) in [4.78, 5) is 17.5. The molecule has 174 valence electrons. The molecular weight excluding hydrogens is 526 g/mol. The highest BCUT2D eigenvalue weighted by Gasteiger charge is 2.13. The lowest BCUT2D eigenvalue weighted by Crippen LogP contribution is -2.29. The smallest absolute Gasteiger partial charge is 0.251 e. The third-order valence-electron chi connectivity index (χ3n) is 5.53. The van der Waals surface area contributed by atoms with Gasteiger partial charge < -0.3 is 10.6 Å². The number of halogens is 2. The van der Waals surface area contributed by atoms with Gasteiger partial charge in [-0.2, -0.15) is 9.61 Å².